The molecule has 0 aliphatic heterocycles. The average Bonchev–Trinajstić information content (AvgIpc) is 2.09. The molecule has 0 unspecified atom stereocenters. The fourth-order valence-corrected chi connectivity index (χ4v) is 0. The van der Waals surface area contributed by atoms with Gasteiger partial charge in [-0.2, -0.15) is 0 Å². The van der Waals surface area contributed by atoms with Crippen molar-refractivity contribution in [2.75, 3.05) is 21.1 Å². The molecule has 0 spiro atoms. The molecule has 0 aromatic heterocycles. The van der Waals surface area contributed by atoms with Crippen LogP contribution in [0.1, 0.15) is 89.5 Å². The summed E-state index contributed by atoms with van der Waals surface area (Å²) >= 11 is 0. The van der Waals surface area contributed by atoms with Crippen LogP contribution in [0.3, 0.4) is 0 Å². The maximum atomic E-state index is 2.12. The molecule has 0 aromatic carbocycles. The summed E-state index contributed by atoms with van der Waals surface area (Å²) in [4.78, 5) is 2.00. The maximum absolute atomic E-state index is 2.12. The van der Waals surface area contributed by atoms with Crippen LogP contribution in [0, 0.1) is 0 Å². The van der Waals surface area contributed by atoms with Crippen molar-refractivity contribution in [3.8, 4) is 0 Å². The highest BCUT2D eigenvalue weighted by Crippen LogP contribution is 1.57. The zero-order valence-corrected chi connectivity index (χ0v) is 13.6. The Morgan fingerprint density at radius 3 is 0.529 bits per heavy atom. The molecule has 0 atom stereocenters. The van der Waals surface area contributed by atoms with Gasteiger partial charge in [-0.1, -0.05) is 89.5 Å². The Morgan fingerprint density at radius 1 is 0.529 bits per heavy atom. The van der Waals surface area contributed by atoms with Crippen LogP contribution in [0.15, 0.2) is 0 Å². The summed E-state index contributed by atoms with van der Waals surface area (Å²) in [5.41, 5.74) is 0. The second-order valence-electron chi connectivity index (χ2n) is 3.46. The molecule has 0 radical (unpaired) electrons. The Morgan fingerprint density at radius 2 is 0.529 bits per heavy atom. The molecule has 116 valence electrons. The van der Waals surface area contributed by atoms with Crippen molar-refractivity contribution in [1.82, 2.24) is 4.90 Å². The van der Waals surface area contributed by atoms with Crippen molar-refractivity contribution in [1.29, 1.82) is 0 Å². The second-order valence-corrected chi connectivity index (χ2v) is 3.46. The highest BCUT2D eigenvalue weighted by molar-refractivity contribution is 4.09. The largest absolute Gasteiger partial charge is 0.312 e. The molecule has 0 amide bonds. The van der Waals surface area contributed by atoms with E-state index in [9.17, 15) is 0 Å². The summed E-state index contributed by atoms with van der Waals surface area (Å²) in [5.74, 6) is 0. The van der Waals surface area contributed by atoms with Gasteiger partial charge in [0.2, 0.25) is 0 Å². The van der Waals surface area contributed by atoms with Crippen molar-refractivity contribution < 1.29 is 0 Å². The van der Waals surface area contributed by atoms with E-state index < -0.39 is 0 Å². The monoisotopic (exact) mass is 253 g/mol. The van der Waals surface area contributed by atoms with Crippen molar-refractivity contribution in [2.24, 2.45) is 0 Å². The molecule has 1 heteroatoms. The van der Waals surface area contributed by atoms with E-state index in [0.717, 1.165) is 0 Å². The van der Waals surface area contributed by atoms with Crippen LogP contribution in [0.4, 0.5) is 0 Å². The van der Waals surface area contributed by atoms with Gasteiger partial charge in [-0.05, 0) is 21.1 Å². The van der Waals surface area contributed by atoms with Crippen LogP contribution < -0.4 is 0 Å². The molecule has 0 heterocycles. The minimum absolute atomic E-state index is 0. The molecule has 17 heavy (non-hydrogen) atoms. The highest BCUT2D eigenvalue weighted by Gasteiger charge is 1.58. The van der Waals surface area contributed by atoms with Crippen LogP contribution in [-0.4, -0.2) is 26.0 Å². The van der Waals surface area contributed by atoms with Gasteiger partial charge in [-0.15, -0.1) is 0 Å². The predicted octanol–water partition coefficient (Wildman–Crippen LogP) is 6.73. The lowest BCUT2D eigenvalue weighted by Crippen LogP contribution is -1.99. The van der Waals surface area contributed by atoms with Gasteiger partial charge in [0, 0.05) is 0 Å². The van der Waals surface area contributed by atoms with Crippen molar-refractivity contribution in [3.05, 3.63) is 0 Å². The van der Waals surface area contributed by atoms with Gasteiger partial charge in [0.1, 0.15) is 0 Å². The highest BCUT2D eigenvalue weighted by atomic mass is 15.0. The Kier molecular flexibility index (Phi) is 258. The minimum Gasteiger partial charge on any atom is -0.312 e. The van der Waals surface area contributed by atoms with Gasteiger partial charge in [0.15, 0.2) is 0 Å². The Hall–Kier alpha value is -0.0400. The van der Waals surface area contributed by atoms with E-state index in [1.807, 2.05) is 39.9 Å². The van der Waals surface area contributed by atoms with Crippen LogP contribution in [0.5, 0.6) is 0 Å². The van der Waals surface area contributed by atoms with E-state index in [-0.39, 0.29) is 14.9 Å². The summed E-state index contributed by atoms with van der Waals surface area (Å²) in [7, 11) is 6.00. The lowest BCUT2D eigenvalue weighted by molar-refractivity contribution is 0.505. The average molecular weight is 254 g/mol. The second kappa shape index (κ2) is 101. The number of hydrogen-bond donors (Lipinski definition) is 0. The molecule has 0 aliphatic carbocycles. The van der Waals surface area contributed by atoms with E-state index in [1.54, 1.807) is 0 Å². The fourth-order valence-electron chi connectivity index (χ4n) is 0. The molecule has 0 saturated heterocycles. The fraction of sp³-hybridized carbons (Fsp3) is 1.00. The molecule has 0 aliphatic rings. The van der Waals surface area contributed by atoms with Crippen molar-refractivity contribution in [3.63, 3.8) is 0 Å². The number of nitrogens with zero attached hydrogens (tertiary/aromatic N) is 1. The summed E-state index contributed by atoms with van der Waals surface area (Å²) < 4.78 is 0. The van der Waals surface area contributed by atoms with Gasteiger partial charge in [0.05, 0.1) is 0 Å². The first kappa shape index (κ1) is 43.5. The first-order valence-corrected chi connectivity index (χ1v) is 6.58. The summed E-state index contributed by atoms with van der Waals surface area (Å²) in [6.07, 6.45) is 3.75. The number of rotatable bonds is 0. The third-order valence-corrected chi connectivity index (χ3v) is 0. The van der Waals surface area contributed by atoms with E-state index in [2.05, 4.69) is 41.5 Å². The molecule has 0 bridgehead atoms. The molecule has 0 fully saturated rings. The SMILES string of the molecule is C.C.CC.CCC.CCC.CCC.CN(C)C. The third-order valence-electron chi connectivity index (χ3n) is 0. The van der Waals surface area contributed by atoms with Gasteiger partial charge >= 0.3 is 0 Å². The van der Waals surface area contributed by atoms with Gasteiger partial charge in [-0.3, -0.25) is 0 Å². The summed E-state index contributed by atoms with van der Waals surface area (Å²) in [6.45, 7) is 16.8. The minimum atomic E-state index is 0. The van der Waals surface area contributed by atoms with E-state index >= 15 is 0 Å². The van der Waals surface area contributed by atoms with Gasteiger partial charge in [0.25, 0.3) is 0 Å². The Labute approximate surface area is 116 Å². The summed E-state index contributed by atoms with van der Waals surface area (Å²) in [5, 5.41) is 0. The molecule has 0 aromatic rings. The summed E-state index contributed by atoms with van der Waals surface area (Å²) in [6, 6.07) is 0. The van der Waals surface area contributed by atoms with E-state index in [0.29, 0.717) is 0 Å². The standard InChI is InChI=1S/C3H9N.3C3H8.C2H6.2CH4/c1-4(2)3;3*1-3-2;1-2;;/h1-3H3;3*3H2,1-2H3;1-2H3;2*1H4. The molecule has 0 N–H and O–H groups in total. The van der Waals surface area contributed by atoms with E-state index in [4.69, 9.17) is 0 Å². The lowest BCUT2D eigenvalue weighted by atomic mass is 10.6. The van der Waals surface area contributed by atoms with Crippen LogP contribution >= 0.6 is 0 Å². The Balaban J connectivity index is -0.0000000145. The lowest BCUT2D eigenvalue weighted by Gasteiger charge is -1.90. The normalized spacial score (nSPS) is 5.65. The van der Waals surface area contributed by atoms with Crippen LogP contribution in [0.2, 0.25) is 0 Å². The topological polar surface area (TPSA) is 3.24 Å². The van der Waals surface area contributed by atoms with Crippen LogP contribution in [0.25, 0.3) is 0 Å². The van der Waals surface area contributed by atoms with Crippen molar-refractivity contribution in [2.45, 2.75) is 89.5 Å². The first-order chi connectivity index (χ1) is 6.97. The predicted molar refractivity (Wildman–Crippen MR) is 92.3 cm³/mol. The number of hydrogen-bond acceptors (Lipinski definition) is 1. The first-order valence-electron chi connectivity index (χ1n) is 6.58. The zero-order valence-electron chi connectivity index (χ0n) is 13.6. The Bertz CT molecular complexity index is 27.0. The zero-order chi connectivity index (χ0) is 13.7. The quantitative estimate of drug-likeness (QED) is 0.463. The van der Waals surface area contributed by atoms with Crippen LogP contribution in [-0.2, 0) is 0 Å². The smallest absolute Gasteiger partial charge is 0.0140 e. The molecule has 0 saturated carbocycles. The van der Waals surface area contributed by atoms with Gasteiger partial charge in [-0.25, -0.2) is 0 Å². The van der Waals surface area contributed by atoms with Crippen molar-refractivity contribution >= 4 is 0 Å². The molecule has 1 nitrogen and oxygen atoms in total. The van der Waals surface area contributed by atoms with E-state index in [1.165, 1.54) is 19.3 Å². The maximum Gasteiger partial charge on any atom is -0.0140 e. The molecular weight excluding hydrogens is 206 g/mol. The third kappa shape index (κ3) is 1940000. The van der Waals surface area contributed by atoms with Gasteiger partial charge < -0.3 is 4.90 Å². The molecule has 0 rings (SSSR count). The molecular formula is C16H47N.